The highest BCUT2D eigenvalue weighted by atomic mass is 79.9. The Bertz CT molecular complexity index is 1320. The van der Waals surface area contributed by atoms with Crippen LogP contribution in [0.15, 0.2) is 36.5 Å². The number of ether oxygens (including phenoxy) is 4. The molecule has 9 nitrogen and oxygen atoms in total. The highest BCUT2D eigenvalue weighted by molar-refractivity contribution is 5.91. The van der Waals surface area contributed by atoms with Gasteiger partial charge < -0.3 is 40.8 Å². The molecule has 0 amide bonds. The standard InChI is InChI=1S/C32H43N2O7.BrH/c1-37-29-15-14-24-20-28-26-22-31(39-3)30(38-2)21-25(26)16-17-33(28)23-27(24)32(29)40-18-12-10-8-6-4-5-7-9-11-13-19-41-34(35)36;/h14-15,20-23H,4-13,16-19H2,1-3H3;1H/q+1;/p-1. The van der Waals surface area contributed by atoms with E-state index in [9.17, 15) is 10.1 Å². The summed E-state index contributed by atoms with van der Waals surface area (Å²) in [7, 11) is 5.03. The summed E-state index contributed by atoms with van der Waals surface area (Å²) in [5.41, 5.74) is 3.57. The molecular formula is C32H43BrN2O7. The van der Waals surface area contributed by atoms with Gasteiger partial charge in [0.15, 0.2) is 35.7 Å². The van der Waals surface area contributed by atoms with Gasteiger partial charge in [0, 0.05) is 12.5 Å². The number of benzene rings is 2. The van der Waals surface area contributed by atoms with Crippen molar-refractivity contribution in [2.24, 2.45) is 0 Å². The molecule has 0 saturated heterocycles. The number of rotatable bonds is 18. The second-order valence-corrected chi connectivity index (χ2v) is 10.5. The van der Waals surface area contributed by atoms with Crippen LogP contribution in [0.4, 0.5) is 0 Å². The summed E-state index contributed by atoms with van der Waals surface area (Å²) in [5, 5.41) is 11.6. The Morgan fingerprint density at radius 1 is 0.786 bits per heavy atom. The minimum atomic E-state index is -0.718. The number of aromatic nitrogens is 1. The fourth-order valence-corrected chi connectivity index (χ4v) is 5.58. The fraction of sp³-hybridized carbons (Fsp3) is 0.531. The quantitative estimate of drug-likeness (QED) is 0.0897. The Kier molecular flexibility index (Phi) is 13.4. The molecule has 0 spiro atoms. The number of unbranched alkanes of at least 4 members (excludes halogenated alkanes) is 9. The zero-order chi connectivity index (χ0) is 29.0. The number of hydrogen-bond acceptors (Lipinski definition) is 7. The van der Waals surface area contributed by atoms with Crippen molar-refractivity contribution in [1.29, 1.82) is 0 Å². The van der Waals surface area contributed by atoms with Gasteiger partial charge in [0.1, 0.15) is 0 Å². The molecule has 2 aromatic carbocycles. The Hall–Kier alpha value is -3.27. The molecule has 230 valence electrons. The third kappa shape index (κ3) is 8.63. The van der Waals surface area contributed by atoms with E-state index in [4.69, 9.17) is 18.9 Å². The van der Waals surface area contributed by atoms with E-state index in [2.05, 4.69) is 39.9 Å². The molecule has 0 aliphatic carbocycles. The van der Waals surface area contributed by atoms with Crippen molar-refractivity contribution in [3.05, 3.63) is 52.2 Å². The monoisotopic (exact) mass is 646 g/mol. The molecule has 0 bridgehead atoms. The van der Waals surface area contributed by atoms with Crippen LogP contribution in [-0.4, -0.2) is 39.6 Å². The molecule has 0 N–H and O–H groups in total. The second-order valence-electron chi connectivity index (χ2n) is 10.5. The van der Waals surface area contributed by atoms with Crippen molar-refractivity contribution < 1.29 is 50.4 Å². The molecule has 0 fully saturated rings. The first-order valence-electron chi connectivity index (χ1n) is 14.7. The highest BCUT2D eigenvalue weighted by Gasteiger charge is 2.27. The van der Waals surface area contributed by atoms with Crippen molar-refractivity contribution in [3.8, 4) is 34.3 Å². The van der Waals surface area contributed by atoms with Crippen LogP contribution < -0.4 is 40.5 Å². The number of aryl methyl sites for hydroxylation is 2. The van der Waals surface area contributed by atoms with Crippen LogP contribution in [0.5, 0.6) is 23.0 Å². The molecule has 0 radical (unpaired) electrons. The number of pyridine rings is 1. The summed E-state index contributed by atoms with van der Waals surface area (Å²) in [6.07, 6.45) is 14.1. The Labute approximate surface area is 258 Å². The molecule has 2 heterocycles. The smallest absolute Gasteiger partial charge is 0.294 e. The van der Waals surface area contributed by atoms with Gasteiger partial charge in [-0.1, -0.05) is 51.4 Å². The van der Waals surface area contributed by atoms with E-state index in [0.717, 1.165) is 90.1 Å². The van der Waals surface area contributed by atoms with Gasteiger partial charge >= 0.3 is 0 Å². The maximum Gasteiger partial charge on any atom is 0.294 e. The average molecular weight is 648 g/mol. The Balaban J connectivity index is 0.00000484. The first-order chi connectivity index (χ1) is 20.0. The summed E-state index contributed by atoms with van der Waals surface area (Å²) in [6.45, 7) is 1.74. The zero-order valence-electron chi connectivity index (χ0n) is 25.0. The van der Waals surface area contributed by atoms with Crippen LogP contribution in [0.3, 0.4) is 0 Å². The molecule has 10 heteroatoms. The first kappa shape index (κ1) is 33.2. The zero-order valence-corrected chi connectivity index (χ0v) is 26.6. The summed E-state index contributed by atoms with van der Waals surface area (Å²) in [6, 6.07) is 10.5. The van der Waals surface area contributed by atoms with Crippen LogP contribution in [0.2, 0.25) is 0 Å². The van der Waals surface area contributed by atoms with Gasteiger partial charge in [-0.25, -0.2) is 0 Å². The Morgan fingerprint density at radius 3 is 2.00 bits per heavy atom. The maximum atomic E-state index is 10.1. The Morgan fingerprint density at radius 2 is 1.38 bits per heavy atom. The summed E-state index contributed by atoms with van der Waals surface area (Å²) in [4.78, 5) is 14.5. The molecule has 4 rings (SSSR count). The number of hydrogen-bond donors (Lipinski definition) is 0. The largest absolute Gasteiger partial charge is 1.00 e. The van der Waals surface area contributed by atoms with E-state index in [1.807, 2.05) is 6.07 Å². The van der Waals surface area contributed by atoms with Crippen molar-refractivity contribution in [2.45, 2.75) is 77.2 Å². The van der Waals surface area contributed by atoms with Crippen molar-refractivity contribution in [3.63, 3.8) is 0 Å². The normalized spacial score (nSPS) is 11.7. The minimum absolute atomic E-state index is 0. The molecule has 1 aliphatic heterocycles. The van der Waals surface area contributed by atoms with E-state index in [1.165, 1.54) is 37.7 Å². The van der Waals surface area contributed by atoms with E-state index in [1.54, 1.807) is 21.3 Å². The van der Waals surface area contributed by atoms with Gasteiger partial charge in [-0.15, -0.1) is 10.1 Å². The lowest BCUT2D eigenvalue weighted by atomic mass is 9.95. The van der Waals surface area contributed by atoms with Gasteiger partial charge in [-0.2, -0.15) is 4.57 Å². The lowest BCUT2D eigenvalue weighted by Gasteiger charge is -2.19. The maximum absolute atomic E-state index is 10.1. The predicted molar refractivity (Wildman–Crippen MR) is 158 cm³/mol. The predicted octanol–water partition coefficient (Wildman–Crippen LogP) is 3.87. The van der Waals surface area contributed by atoms with Crippen LogP contribution in [-0.2, 0) is 17.8 Å². The summed E-state index contributed by atoms with van der Waals surface area (Å²) in [5.74, 6) is 3.06. The molecule has 3 aromatic rings. The molecule has 1 aromatic heterocycles. The van der Waals surface area contributed by atoms with Crippen LogP contribution >= 0.6 is 0 Å². The average Bonchev–Trinajstić information content (AvgIpc) is 2.99. The lowest BCUT2D eigenvalue weighted by Crippen LogP contribution is -3.00. The number of halogens is 1. The fourth-order valence-electron chi connectivity index (χ4n) is 5.58. The topological polar surface area (TPSA) is 93.2 Å². The summed E-state index contributed by atoms with van der Waals surface area (Å²) >= 11 is 0. The van der Waals surface area contributed by atoms with E-state index in [0.29, 0.717) is 6.61 Å². The second kappa shape index (κ2) is 17.0. The third-order valence-electron chi connectivity index (χ3n) is 7.79. The highest BCUT2D eigenvalue weighted by Crippen LogP contribution is 2.40. The molecule has 0 saturated carbocycles. The van der Waals surface area contributed by atoms with Gasteiger partial charge in [0.25, 0.3) is 5.09 Å². The van der Waals surface area contributed by atoms with Gasteiger partial charge in [0.2, 0.25) is 5.69 Å². The van der Waals surface area contributed by atoms with Crippen molar-refractivity contribution in [1.82, 2.24) is 0 Å². The van der Waals surface area contributed by atoms with Gasteiger partial charge in [-0.3, -0.25) is 0 Å². The van der Waals surface area contributed by atoms with E-state index >= 15 is 0 Å². The molecular weight excluding hydrogens is 604 g/mol. The van der Waals surface area contributed by atoms with Crippen LogP contribution in [0, 0.1) is 10.1 Å². The third-order valence-corrected chi connectivity index (χ3v) is 7.79. The van der Waals surface area contributed by atoms with Crippen LogP contribution in [0.25, 0.3) is 22.0 Å². The number of methoxy groups -OCH3 is 3. The van der Waals surface area contributed by atoms with Crippen molar-refractivity contribution >= 4 is 10.8 Å². The molecule has 0 unspecified atom stereocenters. The number of nitrogens with zero attached hydrogens (tertiary/aromatic N) is 2. The van der Waals surface area contributed by atoms with Crippen LogP contribution in [0.1, 0.15) is 69.8 Å². The van der Waals surface area contributed by atoms with Crippen molar-refractivity contribution in [2.75, 3.05) is 34.5 Å². The summed E-state index contributed by atoms with van der Waals surface area (Å²) < 4.78 is 25.4. The minimum Gasteiger partial charge on any atom is -1.00 e. The van der Waals surface area contributed by atoms with E-state index < -0.39 is 5.09 Å². The molecule has 1 aliphatic rings. The SMILES string of the molecule is COc1cc2c(cc1OC)-c1cc3ccc(OC)c(OCCCCCCCCCCCCO[N+](=O)[O-])c3c[n+]1CC2.[Br-]. The first-order valence-corrected chi connectivity index (χ1v) is 14.7. The number of fused-ring (bicyclic) bond motifs is 4. The molecule has 42 heavy (non-hydrogen) atoms. The van der Waals surface area contributed by atoms with Gasteiger partial charge in [0.05, 0.1) is 45.5 Å². The van der Waals surface area contributed by atoms with E-state index in [-0.39, 0.29) is 23.6 Å². The molecule has 0 atom stereocenters. The van der Waals surface area contributed by atoms with Gasteiger partial charge in [-0.05, 0) is 48.1 Å². The lowest BCUT2D eigenvalue weighted by molar-refractivity contribution is -0.757.